The zero-order valence-electron chi connectivity index (χ0n) is 12.8. The summed E-state index contributed by atoms with van der Waals surface area (Å²) >= 11 is 0. The average molecular weight is 284 g/mol. The van der Waals surface area contributed by atoms with Crippen LogP contribution in [0.25, 0.3) is 0 Å². The van der Waals surface area contributed by atoms with E-state index in [1.54, 1.807) is 0 Å². The first kappa shape index (κ1) is 15.7. The summed E-state index contributed by atoms with van der Waals surface area (Å²) in [4.78, 5) is 16.4. The number of likely N-dealkylation sites (N-methyl/N-ethyl adjacent to an activating group) is 1. The minimum atomic E-state index is -0.705. The predicted molar refractivity (Wildman–Crippen MR) is 77.5 cm³/mol. The van der Waals surface area contributed by atoms with Crippen molar-refractivity contribution in [2.24, 2.45) is 0 Å². The van der Waals surface area contributed by atoms with Crippen molar-refractivity contribution >= 4 is 5.91 Å². The first-order valence-electron chi connectivity index (χ1n) is 7.81. The van der Waals surface area contributed by atoms with E-state index in [1.807, 2.05) is 23.8 Å². The van der Waals surface area contributed by atoms with Crippen LogP contribution >= 0.6 is 0 Å². The molecule has 2 rings (SSSR count). The van der Waals surface area contributed by atoms with Gasteiger partial charge in [-0.05, 0) is 33.2 Å². The Kier molecular flexibility index (Phi) is 5.41. The molecule has 1 unspecified atom stereocenters. The average Bonchev–Trinajstić information content (AvgIpc) is 2.47. The first-order chi connectivity index (χ1) is 9.52. The Balaban J connectivity index is 1.86. The van der Waals surface area contributed by atoms with Crippen LogP contribution in [0, 0.1) is 0 Å². The maximum atomic E-state index is 12.5. The molecule has 0 bridgehead atoms. The first-order valence-corrected chi connectivity index (χ1v) is 7.81. The summed E-state index contributed by atoms with van der Waals surface area (Å²) in [6.07, 6.45) is 4.77. The molecule has 0 aromatic rings. The Labute approximate surface area is 121 Å². The minimum Gasteiger partial charge on any atom is -0.388 e. The largest absolute Gasteiger partial charge is 0.388 e. The number of amides is 1. The molecular formula is C15H28N2O3. The SMILES string of the molecule is CC(C(=O)N1CCCCC1)N(C)CC1(O)CCOCC1. The molecule has 0 radical (unpaired) electrons. The maximum absolute atomic E-state index is 12.5. The number of piperidine rings is 1. The number of ether oxygens (including phenoxy) is 1. The van der Waals surface area contributed by atoms with Crippen molar-refractivity contribution in [3.05, 3.63) is 0 Å². The van der Waals surface area contributed by atoms with Crippen LogP contribution < -0.4 is 0 Å². The summed E-state index contributed by atoms with van der Waals surface area (Å²) in [6, 6.07) is -0.167. The highest BCUT2D eigenvalue weighted by Crippen LogP contribution is 2.22. The molecule has 1 amide bonds. The molecule has 2 aliphatic rings. The summed E-state index contributed by atoms with van der Waals surface area (Å²) < 4.78 is 5.30. The fraction of sp³-hybridized carbons (Fsp3) is 0.933. The molecule has 2 heterocycles. The lowest BCUT2D eigenvalue weighted by Crippen LogP contribution is -2.53. The molecule has 1 N–H and O–H groups in total. The number of likely N-dealkylation sites (tertiary alicyclic amines) is 1. The van der Waals surface area contributed by atoms with E-state index in [1.165, 1.54) is 6.42 Å². The van der Waals surface area contributed by atoms with Crippen LogP contribution in [0.1, 0.15) is 39.0 Å². The molecule has 0 saturated carbocycles. The molecule has 0 aromatic carbocycles. The Bertz CT molecular complexity index is 323. The number of rotatable bonds is 4. The van der Waals surface area contributed by atoms with Crippen molar-refractivity contribution < 1.29 is 14.6 Å². The minimum absolute atomic E-state index is 0.167. The zero-order valence-corrected chi connectivity index (χ0v) is 12.8. The second-order valence-electron chi connectivity index (χ2n) is 6.31. The topological polar surface area (TPSA) is 53.0 Å². The van der Waals surface area contributed by atoms with E-state index in [4.69, 9.17) is 4.74 Å². The molecule has 116 valence electrons. The highest BCUT2D eigenvalue weighted by molar-refractivity contribution is 5.81. The molecule has 0 spiro atoms. The van der Waals surface area contributed by atoms with Crippen LogP contribution in [-0.2, 0) is 9.53 Å². The van der Waals surface area contributed by atoms with Gasteiger partial charge in [0.1, 0.15) is 0 Å². The fourth-order valence-electron chi connectivity index (χ4n) is 3.08. The number of aliphatic hydroxyl groups is 1. The van der Waals surface area contributed by atoms with Crippen molar-refractivity contribution in [1.29, 1.82) is 0 Å². The standard InChI is InChI=1S/C15H28N2O3/c1-13(14(18)17-8-4-3-5-9-17)16(2)12-15(19)6-10-20-11-7-15/h13,19H,3-12H2,1-2H3. The van der Waals surface area contributed by atoms with E-state index in [9.17, 15) is 9.90 Å². The van der Waals surface area contributed by atoms with Crippen LogP contribution in [0.4, 0.5) is 0 Å². The van der Waals surface area contributed by atoms with E-state index >= 15 is 0 Å². The van der Waals surface area contributed by atoms with E-state index in [2.05, 4.69) is 0 Å². The zero-order chi connectivity index (χ0) is 14.6. The number of hydrogen-bond acceptors (Lipinski definition) is 4. The van der Waals surface area contributed by atoms with Crippen LogP contribution in [0.5, 0.6) is 0 Å². The third-order valence-electron chi connectivity index (χ3n) is 4.65. The maximum Gasteiger partial charge on any atom is 0.239 e. The van der Waals surface area contributed by atoms with E-state index in [0.29, 0.717) is 32.6 Å². The normalized spacial score (nSPS) is 24.7. The molecule has 20 heavy (non-hydrogen) atoms. The second kappa shape index (κ2) is 6.87. The van der Waals surface area contributed by atoms with Crippen LogP contribution in [0.3, 0.4) is 0 Å². The van der Waals surface area contributed by atoms with Gasteiger partial charge >= 0.3 is 0 Å². The highest BCUT2D eigenvalue weighted by atomic mass is 16.5. The molecule has 0 aliphatic carbocycles. The molecular weight excluding hydrogens is 256 g/mol. The molecule has 0 aromatic heterocycles. The Hall–Kier alpha value is -0.650. The fourth-order valence-corrected chi connectivity index (χ4v) is 3.08. The molecule has 2 fully saturated rings. The monoisotopic (exact) mass is 284 g/mol. The van der Waals surface area contributed by atoms with Crippen molar-refractivity contribution in [2.75, 3.05) is 39.9 Å². The second-order valence-corrected chi connectivity index (χ2v) is 6.31. The summed E-state index contributed by atoms with van der Waals surface area (Å²) in [6.45, 7) is 5.47. The molecule has 2 aliphatic heterocycles. The lowest BCUT2D eigenvalue weighted by atomic mass is 9.93. The van der Waals surface area contributed by atoms with E-state index in [-0.39, 0.29) is 11.9 Å². The van der Waals surface area contributed by atoms with Crippen LogP contribution in [-0.4, -0.2) is 72.4 Å². The van der Waals surface area contributed by atoms with Crippen molar-refractivity contribution in [3.8, 4) is 0 Å². The van der Waals surface area contributed by atoms with Crippen LogP contribution in [0.15, 0.2) is 0 Å². The van der Waals surface area contributed by atoms with Gasteiger partial charge in [0, 0.05) is 45.7 Å². The van der Waals surface area contributed by atoms with Crippen molar-refractivity contribution in [3.63, 3.8) is 0 Å². The Morgan fingerprint density at radius 3 is 2.50 bits per heavy atom. The van der Waals surface area contributed by atoms with Gasteiger partial charge in [0.2, 0.25) is 5.91 Å². The van der Waals surface area contributed by atoms with Gasteiger partial charge in [-0.2, -0.15) is 0 Å². The number of nitrogens with zero attached hydrogens (tertiary/aromatic N) is 2. The van der Waals surface area contributed by atoms with Gasteiger partial charge in [-0.15, -0.1) is 0 Å². The van der Waals surface area contributed by atoms with Gasteiger partial charge < -0.3 is 14.7 Å². The van der Waals surface area contributed by atoms with Gasteiger partial charge in [-0.3, -0.25) is 9.69 Å². The molecule has 5 nitrogen and oxygen atoms in total. The third-order valence-corrected chi connectivity index (χ3v) is 4.65. The Morgan fingerprint density at radius 1 is 1.30 bits per heavy atom. The van der Waals surface area contributed by atoms with Gasteiger partial charge in [-0.25, -0.2) is 0 Å². The summed E-state index contributed by atoms with van der Waals surface area (Å²) in [5.41, 5.74) is -0.705. The third kappa shape index (κ3) is 3.93. The summed E-state index contributed by atoms with van der Waals surface area (Å²) in [5.74, 6) is 0.197. The van der Waals surface area contributed by atoms with Gasteiger partial charge in [0.05, 0.1) is 11.6 Å². The smallest absolute Gasteiger partial charge is 0.239 e. The Morgan fingerprint density at radius 2 is 1.90 bits per heavy atom. The van der Waals surface area contributed by atoms with Gasteiger partial charge in [-0.1, -0.05) is 0 Å². The van der Waals surface area contributed by atoms with Crippen molar-refractivity contribution in [2.45, 2.75) is 50.7 Å². The van der Waals surface area contributed by atoms with E-state index < -0.39 is 5.60 Å². The number of carbonyl (C=O) groups excluding carboxylic acids is 1. The molecule has 1 atom stereocenters. The molecule has 2 saturated heterocycles. The molecule has 5 heteroatoms. The summed E-state index contributed by atoms with van der Waals surface area (Å²) in [5, 5.41) is 10.5. The lowest BCUT2D eigenvalue weighted by molar-refractivity contribution is -0.139. The number of hydrogen-bond donors (Lipinski definition) is 1. The highest BCUT2D eigenvalue weighted by Gasteiger charge is 2.34. The van der Waals surface area contributed by atoms with Crippen LogP contribution in [0.2, 0.25) is 0 Å². The van der Waals surface area contributed by atoms with Crippen molar-refractivity contribution in [1.82, 2.24) is 9.80 Å². The van der Waals surface area contributed by atoms with E-state index in [0.717, 1.165) is 25.9 Å². The predicted octanol–water partition coefficient (Wildman–Crippen LogP) is 0.861. The lowest BCUT2D eigenvalue weighted by Gasteiger charge is -2.38. The quantitative estimate of drug-likeness (QED) is 0.832. The summed E-state index contributed by atoms with van der Waals surface area (Å²) in [7, 11) is 1.93. The number of carbonyl (C=O) groups is 1. The van der Waals surface area contributed by atoms with Gasteiger partial charge in [0.15, 0.2) is 0 Å². The van der Waals surface area contributed by atoms with Gasteiger partial charge in [0.25, 0.3) is 0 Å².